The summed E-state index contributed by atoms with van der Waals surface area (Å²) in [5.41, 5.74) is 0.679. The largest absolute Gasteiger partial charge is 0.493 e. The summed E-state index contributed by atoms with van der Waals surface area (Å²) in [5.74, 6) is -0.0816. The number of thiazole rings is 1. The molecule has 3 aromatic rings. The predicted molar refractivity (Wildman–Crippen MR) is 108 cm³/mol. The number of hydrogen-bond acceptors (Lipinski definition) is 8. The Balaban J connectivity index is 1.62. The summed E-state index contributed by atoms with van der Waals surface area (Å²) in [6.07, 6.45) is -0.993. The highest BCUT2D eigenvalue weighted by molar-refractivity contribution is 7.20. The lowest BCUT2D eigenvalue weighted by Crippen LogP contribution is -2.30. The Labute approximate surface area is 169 Å². The predicted octanol–water partition coefficient (Wildman–Crippen LogP) is 4.07. The summed E-state index contributed by atoms with van der Waals surface area (Å²) < 4.78 is 15.6. The zero-order chi connectivity index (χ0) is 20.1. The van der Waals surface area contributed by atoms with E-state index in [2.05, 4.69) is 10.3 Å². The molecule has 0 radical (unpaired) electrons. The van der Waals surface area contributed by atoms with Crippen LogP contribution in [-0.4, -0.2) is 37.2 Å². The van der Waals surface area contributed by atoms with Gasteiger partial charge in [-0.15, -0.1) is 22.7 Å². The van der Waals surface area contributed by atoms with Gasteiger partial charge in [0.25, 0.3) is 5.91 Å². The molecule has 0 spiro atoms. The number of thiophene rings is 1. The number of anilines is 1. The van der Waals surface area contributed by atoms with Gasteiger partial charge in [0.05, 0.1) is 19.1 Å². The van der Waals surface area contributed by atoms with Crippen molar-refractivity contribution in [3.05, 3.63) is 46.8 Å². The zero-order valence-corrected chi connectivity index (χ0v) is 17.1. The van der Waals surface area contributed by atoms with Gasteiger partial charge >= 0.3 is 5.97 Å². The minimum atomic E-state index is -0.993. The first-order valence-electron chi connectivity index (χ1n) is 8.25. The van der Waals surface area contributed by atoms with Crippen LogP contribution in [0.4, 0.5) is 5.69 Å². The molecule has 0 saturated heterocycles. The number of ether oxygens (including phenoxy) is 3. The second kappa shape index (κ2) is 8.85. The molecule has 0 aliphatic carbocycles. The number of benzene rings is 1. The van der Waals surface area contributed by atoms with Crippen molar-refractivity contribution in [2.24, 2.45) is 0 Å². The van der Waals surface area contributed by atoms with Gasteiger partial charge in [0.15, 0.2) is 23.3 Å². The van der Waals surface area contributed by atoms with Crippen LogP contribution in [0.15, 0.2) is 41.1 Å². The Hall–Kier alpha value is -2.91. The van der Waals surface area contributed by atoms with Crippen molar-refractivity contribution >= 4 is 40.2 Å². The number of rotatable bonds is 7. The molecule has 2 aromatic heterocycles. The summed E-state index contributed by atoms with van der Waals surface area (Å²) in [5, 5.41) is 6.99. The first kappa shape index (κ1) is 19.8. The van der Waals surface area contributed by atoms with E-state index in [-0.39, 0.29) is 5.69 Å². The smallest absolute Gasteiger partial charge is 0.358 e. The van der Waals surface area contributed by atoms with Gasteiger partial charge in [-0.3, -0.25) is 4.79 Å². The average molecular weight is 418 g/mol. The van der Waals surface area contributed by atoms with E-state index in [1.165, 1.54) is 43.8 Å². The van der Waals surface area contributed by atoms with E-state index in [1.54, 1.807) is 23.6 Å². The third kappa shape index (κ3) is 4.49. The molecule has 0 aliphatic heterocycles. The van der Waals surface area contributed by atoms with E-state index < -0.39 is 18.0 Å². The highest BCUT2D eigenvalue weighted by atomic mass is 32.1. The normalized spacial score (nSPS) is 11.5. The molecule has 7 nitrogen and oxygen atoms in total. The summed E-state index contributed by atoms with van der Waals surface area (Å²) in [6, 6.07) is 8.81. The van der Waals surface area contributed by atoms with E-state index >= 15 is 0 Å². The third-order valence-electron chi connectivity index (χ3n) is 3.75. The number of carbonyl (C=O) groups excluding carboxylic acids is 2. The summed E-state index contributed by atoms with van der Waals surface area (Å²) in [4.78, 5) is 29.9. The Morgan fingerprint density at radius 3 is 2.57 bits per heavy atom. The van der Waals surface area contributed by atoms with Crippen LogP contribution in [0, 0.1) is 0 Å². The van der Waals surface area contributed by atoms with Crippen LogP contribution in [0.25, 0.3) is 9.88 Å². The molecule has 0 fully saturated rings. The number of hydrogen-bond donors (Lipinski definition) is 1. The lowest BCUT2D eigenvalue weighted by Gasteiger charge is -2.14. The lowest BCUT2D eigenvalue weighted by atomic mass is 10.2. The zero-order valence-electron chi connectivity index (χ0n) is 15.4. The second-order valence-electron chi connectivity index (χ2n) is 5.62. The number of amides is 1. The Bertz CT molecular complexity index is 969. The van der Waals surface area contributed by atoms with Crippen molar-refractivity contribution in [3.63, 3.8) is 0 Å². The van der Waals surface area contributed by atoms with Crippen LogP contribution in [0.2, 0.25) is 0 Å². The number of nitrogens with one attached hydrogen (secondary N) is 1. The molecule has 1 unspecified atom stereocenters. The van der Waals surface area contributed by atoms with Crippen LogP contribution < -0.4 is 14.8 Å². The molecule has 2 heterocycles. The highest BCUT2D eigenvalue weighted by Crippen LogP contribution is 2.30. The number of esters is 1. The van der Waals surface area contributed by atoms with E-state index in [9.17, 15) is 9.59 Å². The van der Waals surface area contributed by atoms with Crippen LogP contribution in [0.5, 0.6) is 11.5 Å². The molecule has 146 valence electrons. The fourth-order valence-electron chi connectivity index (χ4n) is 2.31. The van der Waals surface area contributed by atoms with Gasteiger partial charge in [0, 0.05) is 17.1 Å². The molecule has 1 amide bonds. The lowest BCUT2D eigenvalue weighted by molar-refractivity contribution is -0.123. The summed E-state index contributed by atoms with van der Waals surface area (Å²) in [6.45, 7) is 1.50. The molecule has 9 heteroatoms. The molecule has 1 atom stereocenters. The molecule has 0 bridgehead atoms. The minimum absolute atomic E-state index is 0.180. The van der Waals surface area contributed by atoms with Crippen LogP contribution in [0.1, 0.15) is 17.4 Å². The van der Waals surface area contributed by atoms with Gasteiger partial charge in [-0.25, -0.2) is 9.78 Å². The molecular weight excluding hydrogens is 400 g/mol. The van der Waals surface area contributed by atoms with Crippen molar-refractivity contribution in [1.29, 1.82) is 0 Å². The van der Waals surface area contributed by atoms with Gasteiger partial charge in [-0.2, -0.15) is 0 Å². The first-order chi connectivity index (χ1) is 13.5. The van der Waals surface area contributed by atoms with Crippen molar-refractivity contribution in [1.82, 2.24) is 4.98 Å². The highest BCUT2D eigenvalue weighted by Gasteiger charge is 2.21. The van der Waals surface area contributed by atoms with E-state index in [0.717, 1.165) is 9.88 Å². The van der Waals surface area contributed by atoms with Gasteiger partial charge in [0.2, 0.25) is 0 Å². The number of nitrogens with zero attached hydrogens (tertiary/aromatic N) is 1. The van der Waals surface area contributed by atoms with Crippen molar-refractivity contribution < 1.29 is 23.8 Å². The molecule has 0 saturated carbocycles. The van der Waals surface area contributed by atoms with Crippen molar-refractivity contribution in [2.45, 2.75) is 13.0 Å². The maximum Gasteiger partial charge on any atom is 0.358 e. The van der Waals surface area contributed by atoms with Crippen molar-refractivity contribution in [3.8, 4) is 21.4 Å². The quantitative estimate of drug-likeness (QED) is 0.582. The van der Waals surface area contributed by atoms with Gasteiger partial charge in [-0.1, -0.05) is 6.07 Å². The fraction of sp³-hybridized carbons (Fsp3) is 0.211. The minimum Gasteiger partial charge on any atom is -0.493 e. The monoisotopic (exact) mass is 418 g/mol. The molecule has 0 aliphatic rings. The fourth-order valence-corrected chi connectivity index (χ4v) is 3.92. The number of carbonyl (C=O) groups is 2. The SMILES string of the molecule is COc1ccc(NC(=O)C(C)OC(=O)c2csc(-c3cccs3)n2)cc1OC. The topological polar surface area (TPSA) is 86.8 Å². The van der Waals surface area contributed by atoms with Gasteiger partial charge in [-0.05, 0) is 30.5 Å². The molecular formula is C19H18N2O5S2. The Morgan fingerprint density at radius 1 is 1.11 bits per heavy atom. The van der Waals surface area contributed by atoms with Crippen LogP contribution in [0.3, 0.4) is 0 Å². The molecule has 28 heavy (non-hydrogen) atoms. The number of aromatic nitrogens is 1. The van der Waals surface area contributed by atoms with Gasteiger partial charge in [0.1, 0.15) is 5.01 Å². The Morgan fingerprint density at radius 2 is 1.89 bits per heavy atom. The molecule has 1 aromatic carbocycles. The van der Waals surface area contributed by atoms with Crippen LogP contribution in [-0.2, 0) is 9.53 Å². The Kier molecular flexibility index (Phi) is 6.27. The van der Waals surface area contributed by atoms with E-state index in [1.807, 2.05) is 17.5 Å². The first-order valence-corrected chi connectivity index (χ1v) is 10.0. The van der Waals surface area contributed by atoms with Gasteiger partial charge < -0.3 is 19.5 Å². The average Bonchev–Trinajstić information content (AvgIpc) is 3.39. The van der Waals surface area contributed by atoms with E-state index in [4.69, 9.17) is 14.2 Å². The van der Waals surface area contributed by atoms with E-state index in [0.29, 0.717) is 17.2 Å². The number of methoxy groups -OCH3 is 2. The summed E-state index contributed by atoms with van der Waals surface area (Å²) >= 11 is 2.89. The molecule has 3 rings (SSSR count). The maximum atomic E-state index is 12.3. The third-order valence-corrected chi connectivity index (χ3v) is 5.63. The van der Waals surface area contributed by atoms with Crippen molar-refractivity contribution in [2.75, 3.05) is 19.5 Å². The second-order valence-corrected chi connectivity index (χ2v) is 7.43. The standard InChI is InChI=1S/C19H18N2O5S2/c1-11(17(22)20-12-6-7-14(24-2)15(9-12)25-3)26-19(23)13-10-28-18(21-13)16-5-4-8-27-16/h4-11H,1-3H3,(H,20,22). The van der Waals surface area contributed by atoms with Crippen LogP contribution >= 0.6 is 22.7 Å². The summed E-state index contributed by atoms with van der Waals surface area (Å²) in [7, 11) is 3.03. The maximum absolute atomic E-state index is 12.3. The molecule has 1 N–H and O–H groups in total.